The Balaban J connectivity index is 1.91. The molecule has 2 amide bonds. The van der Waals surface area contributed by atoms with Crippen LogP contribution < -0.4 is 14.8 Å². The standard InChI is InChI=1S/C18H26N2O3S/c1-19-17(21)11-9-13-8-10-15(12-16(13)23-2)24-20-18(22)14-6-4-3-5-7-14/h8,10,12,14H,3-7,9,11H2,1-2H3,(H,19,21)(H,20,22). The predicted molar refractivity (Wildman–Crippen MR) is 96.0 cm³/mol. The quantitative estimate of drug-likeness (QED) is 0.742. The molecular formula is C18H26N2O3S. The molecule has 1 aliphatic rings. The maximum Gasteiger partial charge on any atom is 0.233 e. The first kappa shape index (κ1) is 18.6. The van der Waals surface area contributed by atoms with E-state index in [-0.39, 0.29) is 17.7 Å². The number of carbonyl (C=O) groups is 2. The molecule has 0 spiro atoms. The van der Waals surface area contributed by atoms with E-state index in [1.807, 2.05) is 18.2 Å². The number of aryl methyl sites for hydroxylation is 1. The number of hydrogen-bond acceptors (Lipinski definition) is 4. The molecule has 1 aromatic rings. The van der Waals surface area contributed by atoms with Crippen LogP contribution in [0.4, 0.5) is 0 Å². The monoisotopic (exact) mass is 350 g/mol. The summed E-state index contributed by atoms with van der Waals surface area (Å²) in [5.74, 6) is 1.04. The van der Waals surface area contributed by atoms with Crippen molar-refractivity contribution in [1.82, 2.24) is 10.0 Å². The van der Waals surface area contributed by atoms with Crippen molar-refractivity contribution >= 4 is 23.8 Å². The number of amides is 2. The summed E-state index contributed by atoms with van der Waals surface area (Å²) < 4.78 is 8.37. The molecule has 0 aromatic heterocycles. The third-order valence-corrected chi connectivity index (χ3v) is 5.20. The average molecular weight is 350 g/mol. The second-order valence-electron chi connectivity index (χ2n) is 6.05. The van der Waals surface area contributed by atoms with Gasteiger partial charge in [-0.3, -0.25) is 14.3 Å². The Bertz CT molecular complexity index is 571. The zero-order valence-corrected chi connectivity index (χ0v) is 15.2. The van der Waals surface area contributed by atoms with E-state index in [1.54, 1.807) is 14.2 Å². The molecule has 0 saturated heterocycles. The molecule has 132 valence electrons. The fourth-order valence-corrected chi connectivity index (χ4v) is 3.61. The summed E-state index contributed by atoms with van der Waals surface area (Å²) in [7, 11) is 3.25. The number of carbonyl (C=O) groups excluding carboxylic acids is 2. The van der Waals surface area contributed by atoms with Crippen molar-refractivity contribution in [3.63, 3.8) is 0 Å². The van der Waals surface area contributed by atoms with Crippen LogP contribution in [0.15, 0.2) is 23.1 Å². The van der Waals surface area contributed by atoms with Crippen LogP contribution in [0.1, 0.15) is 44.1 Å². The summed E-state index contributed by atoms with van der Waals surface area (Å²) in [5.41, 5.74) is 0.990. The van der Waals surface area contributed by atoms with Gasteiger partial charge in [-0.2, -0.15) is 0 Å². The van der Waals surface area contributed by atoms with E-state index >= 15 is 0 Å². The van der Waals surface area contributed by atoms with Crippen molar-refractivity contribution < 1.29 is 14.3 Å². The van der Waals surface area contributed by atoms with Crippen LogP contribution >= 0.6 is 11.9 Å². The van der Waals surface area contributed by atoms with E-state index < -0.39 is 0 Å². The van der Waals surface area contributed by atoms with Crippen molar-refractivity contribution in [1.29, 1.82) is 0 Å². The van der Waals surface area contributed by atoms with Gasteiger partial charge in [0, 0.05) is 24.3 Å². The number of benzene rings is 1. The zero-order valence-electron chi connectivity index (χ0n) is 14.4. The first-order valence-electron chi connectivity index (χ1n) is 8.48. The van der Waals surface area contributed by atoms with Crippen LogP contribution in [0.2, 0.25) is 0 Å². The Morgan fingerprint density at radius 1 is 1.25 bits per heavy atom. The maximum absolute atomic E-state index is 12.2. The van der Waals surface area contributed by atoms with Gasteiger partial charge in [-0.05, 0) is 48.9 Å². The predicted octanol–water partition coefficient (Wildman–Crippen LogP) is 3.08. The second kappa shape index (κ2) is 9.57. The van der Waals surface area contributed by atoms with Gasteiger partial charge < -0.3 is 10.1 Å². The fourth-order valence-electron chi connectivity index (χ4n) is 2.93. The minimum Gasteiger partial charge on any atom is -0.496 e. The molecule has 0 aliphatic heterocycles. The average Bonchev–Trinajstić information content (AvgIpc) is 2.64. The molecule has 1 saturated carbocycles. The first-order valence-corrected chi connectivity index (χ1v) is 9.30. The smallest absolute Gasteiger partial charge is 0.233 e. The Hall–Kier alpha value is -1.69. The Labute approximate surface area is 148 Å². The van der Waals surface area contributed by atoms with Gasteiger partial charge in [-0.15, -0.1) is 0 Å². The van der Waals surface area contributed by atoms with Gasteiger partial charge in [0.05, 0.1) is 7.11 Å². The molecule has 0 radical (unpaired) electrons. The minimum absolute atomic E-state index is 0.00949. The first-order chi connectivity index (χ1) is 11.6. The Morgan fingerprint density at radius 2 is 2.00 bits per heavy atom. The summed E-state index contributed by atoms with van der Waals surface area (Å²) in [5, 5.41) is 2.62. The van der Waals surface area contributed by atoms with Crippen molar-refractivity contribution in [3.05, 3.63) is 23.8 Å². The van der Waals surface area contributed by atoms with Gasteiger partial charge in [0.2, 0.25) is 11.8 Å². The lowest BCUT2D eigenvalue weighted by Gasteiger charge is -2.20. The molecule has 5 nitrogen and oxygen atoms in total. The maximum atomic E-state index is 12.2. The molecule has 2 N–H and O–H groups in total. The van der Waals surface area contributed by atoms with Crippen LogP contribution in [0.25, 0.3) is 0 Å². The van der Waals surface area contributed by atoms with Crippen LogP contribution in [0.5, 0.6) is 5.75 Å². The molecule has 1 aromatic carbocycles. The van der Waals surface area contributed by atoms with Gasteiger partial charge in [0.15, 0.2) is 0 Å². The summed E-state index contributed by atoms with van der Waals surface area (Å²) >= 11 is 1.33. The SMILES string of the molecule is CNC(=O)CCc1ccc(SNC(=O)C2CCCCC2)cc1OC. The van der Waals surface area contributed by atoms with Crippen LogP contribution in [-0.4, -0.2) is 26.0 Å². The summed E-state index contributed by atoms with van der Waals surface area (Å²) in [6.45, 7) is 0. The number of methoxy groups -OCH3 is 1. The summed E-state index contributed by atoms with van der Waals surface area (Å²) in [4.78, 5) is 24.5. The topological polar surface area (TPSA) is 67.4 Å². The number of rotatable bonds is 7. The zero-order chi connectivity index (χ0) is 17.4. The van der Waals surface area contributed by atoms with Crippen LogP contribution in [0.3, 0.4) is 0 Å². The van der Waals surface area contributed by atoms with Gasteiger partial charge in [0.1, 0.15) is 5.75 Å². The van der Waals surface area contributed by atoms with E-state index in [2.05, 4.69) is 10.0 Å². The molecule has 24 heavy (non-hydrogen) atoms. The highest BCUT2D eigenvalue weighted by molar-refractivity contribution is 7.98. The highest BCUT2D eigenvalue weighted by Crippen LogP contribution is 2.28. The number of ether oxygens (including phenoxy) is 1. The van der Waals surface area contributed by atoms with E-state index in [9.17, 15) is 9.59 Å². The molecular weight excluding hydrogens is 324 g/mol. The van der Waals surface area contributed by atoms with Crippen molar-refractivity contribution in [3.8, 4) is 5.75 Å². The molecule has 0 atom stereocenters. The van der Waals surface area contributed by atoms with Gasteiger partial charge >= 0.3 is 0 Å². The Morgan fingerprint density at radius 3 is 2.67 bits per heavy atom. The van der Waals surface area contributed by atoms with Crippen molar-refractivity contribution in [2.45, 2.75) is 49.8 Å². The van der Waals surface area contributed by atoms with Crippen LogP contribution in [-0.2, 0) is 16.0 Å². The number of nitrogens with one attached hydrogen (secondary N) is 2. The lowest BCUT2D eigenvalue weighted by molar-refractivity contribution is -0.124. The third kappa shape index (κ3) is 5.44. The lowest BCUT2D eigenvalue weighted by atomic mass is 9.89. The van der Waals surface area contributed by atoms with E-state index in [1.165, 1.54) is 18.4 Å². The van der Waals surface area contributed by atoms with E-state index in [0.717, 1.165) is 41.9 Å². The largest absolute Gasteiger partial charge is 0.496 e. The van der Waals surface area contributed by atoms with Crippen molar-refractivity contribution in [2.24, 2.45) is 5.92 Å². The molecule has 6 heteroatoms. The van der Waals surface area contributed by atoms with Crippen molar-refractivity contribution in [2.75, 3.05) is 14.2 Å². The second-order valence-corrected chi connectivity index (χ2v) is 6.93. The van der Waals surface area contributed by atoms with E-state index in [0.29, 0.717) is 12.8 Å². The molecule has 0 unspecified atom stereocenters. The van der Waals surface area contributed by atoms with E-state index in [4.69, 9.17) is 4.74 Å². The highest BCUT2D eigenvalue weighted by atomic mass is 32.2. The van der Waals surface area contributed by atoms with Gasteiger partial charge in [-0.1, -0.05) is 25.3 Å². The lowest BCUT2D eigenvalue weighted by Crippen LogP contribution is -2.27. The molecule has 1 fully saturated rings. The van der Waals surface area contributed by atoms with Gasteiger partial charge in [0.25, 0.3) is 0 Å². The summed E-state index contributed by atoms with van der Waals surface area (Å²) in [6, 6.07) is 5.81. The fraction of sp³-hybridized carbons (Fsp3) is 0.556. The van der Waals surface area contributed by atoms with Crippen LogP contribution in [0, 0.1) is 5.92 Å². The molecule has 2 rings (SSSR count). The van der Waals surface area contributed by atoms with Gasteiger partial charge in [-0.25, -0.2) is 0 Å². The summed E-state index contributed by atoms with van der Waals surface area (Å²) in [6.07, 6.45) is 6.58. The third-order valence-electron chi connectivity index (χ3n) is 4.40. The Kier molecular flexibility index (Phi) is 7.43. The minimum atomic E-state index is 0.00949. The molecule has 0 bridgehead atoms. The number of hydrogen-bond donors (Lipinski definition) is 2. The molecule has 0 heterocycles. The molecule has 1 aliphatic carbocycles. The normalized spacial score (nSPS) is 14.9. The highest BCUT2D eigenvalue weighted by Gasteiger charge is 2.21.